The highest BCUT2D eigenvalue weighted by atomic mass is 32.2. The second kappa shape index (κ2) is 4.76. The topological polar surface area (TPSA) is 58.2 Å². The van der Waals surface area contributed by atoms with Crippen molar-refractivity contribution in [1.29, 1.82) is 0 Å². The van der Waals surface area contributed by atoms with E-state index in [-0.39, 0.29) is 5.54 Å². The minimum atomic E-state index is -3.38. The molecule has 1 fully saturated rings. The molecule has 0 amide bonds. The normalized spacial score (nSPS) is 25.0. The van der Waals surface area contributed by atoms with Gasteiger partial charge in [-0.2, -0.15) is 0 Å². The smallest absolute Gasteiger partial charge is 0.240 e. The lowest BCUT2D eigenvalue weighted by atomic mass is 10.0. The van der Waals surface area contributed by atoms with Gasteiger partial charge in [0.2, 0.25) is 10.0 Å². The standard InChI is InChI=1S/C12H18N2O2S/c1-12(8-5-9-13-12)10-14-17(15,16)11-6-3-2-4-7-11/h2-4,6-7,13-14H,5,8-10H2,1H3. The van der Waals surface area contributed by atoms with Gasteiger partial charge in [0, 0.05) is 12.1 Å². The van der Waals surface area contributed by atoms with Gasteiger partial charge in [0.15, 0.2) is 0 Å². The molecule has 0 aromatic heterocycles. The third-order valence-electron chi connectivity index (χ3n) is 3.16. The maximum Gasteiger partial charge on any atom is 0.240 e. The molecule has 1 atom stereocenters. The summed E-state index contributed by atoms with van der Waals surface area (Å²) in [4.78, 5) is 0.321. The van der Waals surface area contributed by atoms with E-state index in [4.69, 9.17) is 0 Å². The molecule has 1 aliphatic rings. The predicted molar refractivity (Wildman–Crippen MR) is 67.3 cm³/mol. The third kappa shape index (κ3) is 3.06. The monoisotopic (exact) mass is 254 g/mol. The molecule has 4 nitrogen and oxygen atoms in total. The first kappa shape index (κ1) is 12.5. The lowest BCUT2D eigenvalue weighted by Gasteiger charge is -2.24. The van der Waals surface area contributed by atoms with Crippen molar-refractivity contribution in [2.75, 3.05) is 13.1 Å². The zero-order valence-corrected chi connectivity index (χ0v) is 10.8. The molecular weight excluding hydrogens is 236 g/mol. The molecule has 0 radical (unpaired) electrons. The molecule has 2 N–H and O–H groups in total. The van der Waals surface area contributed by atoms with Crippen LogP contribution in [0.25, 0.3) is 0 Å². The highest BCUT2D eigenvalue weighted by molar-refractivity contribution is 7.89. The van der Waals surface area contributed by atoms with Crippen molar-refractivity contribution in [3.63, 3.8) is 0 Å². The lowest BCUT2D eigenvalue weighted by Crippen LogP contribution is -2.47. The molecule has 1 saturated heterocycles. The van der Waals surface area contributed by atoms with Crippen molar-refractivity contribution in [1.82, 2.24) is 10.0 Å². The van der Waals surface area contributed by atoms with Crippen LogP contribution >= 0.6 is 0 Å². The zero-order valence-electron chi connectivity index (χ0n) is 9.94. The number of benzene rings is 1. The summed E-state index contributed by atoms with van der Waals surface area (Å²) in [5, 5.41) is 3.33. The Labute approximate surface area is 102 Å². The molecule has 17 heavy (non-hydrogen) atoms. The summed E-state index contributed by atoms with van der Waals surface area (Å²) in [6, 6.07) is 8.46. The van der Waals surface area contributed by atoms with E-state index in [1.807, 2.05) is 6.92 Å². The van der Waals surface area contributed by atoms with E-state index in [9.17, 15) is 8.42 Å². The number of sulfonamides is 1. The summed E-state index contributed by atoms with van der Waals surface area (Å²) in [6.45, 7) is 3.45. The summed E-state index contributed by atoms with van der Waals surface area (Å²) in [6.07, 6.45) is 2.11. The molecule has 1 unspecified atom stereocenters. The van der Waals surface area contributed by atoms with Gasteiger partial charge in [0.1, 0.15) is 0 Å². The van der Waals surface area contributed by atoms with Crippen molar-refractivity contribution in [2.45, 2.75) is 30.2 Å². The predicted octanol–water partition coefficient (Wildman–Crippen LogP) is 1.11. The SMILES string of the molecule is CC1(CNS(=O)(=O)c2ccccc2)CCCN1. The van der Waals surface area contributed by atoms with Gasteiger partial charge >= 0.3 is 0 Å². The average Bonchev–Trinajstić information content (AvgIpc) is 2.76. The fourth-order valence-electron chi connectivity index (χ4n) is 2.05. The van der Waals surface area contributed by atoms with E-state index in [0.717, 1.165) is 19.4 Å². The Morgan fingerprint density at radius 3 is 2.65 bits per heavy atom. The molecule has 0 bridgehead atoms. The molecule has 1 heterocycles. The Hall–Kier alpha value is -0.910. The highest BCUT2D eigenvalue weighted by Crippen LogP contribution is 2.18. The van der Waals surface area contributed by atoms with E-state index in [0.29, 0.717) is 11.4 Å². The van der Waals surface area contributed by atoms with Crippen LogP contribution < -0.4 is 10.0 Å². The first-order valence-electron chi connectivity index (χ1n) is 5.82. The molecule has 2 rings (SSSR count). The van der Waals surface area contributed by atoms with E-state index < -0.39 is 10.0 Å². The van der Waals surface area contributed by atoms with Crippen LogP contribution in [0.2, 0.25) is 0 Å². The summed E-state index contributed by atoms with van der Waals surface area (Å²) >= 11 is 0. The van der Waals surface area contributed by atoms with Gasteiger partial charge in [-0.15, -0.1) is 0 Å². The Kier molecular flexibility index (Phi) is 3.51. The van der Waals surface area contributed by atoms with Crippen molar-refractivity contribution in [2.24, 2.45) is 0 Å². The molecule has 1 aromatic rings. The number of hydrogen-bond acceptors (Lipinski definition) is 3. The first-order valence-corrected chi connectivity index (χ1v) is 7.30. The minimum Gasteiger partial charge on any atom is -0.310 e. The highest BCUT2D eigenvalue weighted by Gasteiger charge is 2.29. The Balaban J connectivity index is 2.04. The largest absolute Gasteiger partial charge is 0.310 e. The van der Waals surface area contributed by atoms with Crippen LogP contribution in [0.15, 0.2) is 35.2 Å². The zero-order chi connectivity index (χ0) is 12.4. The minimum absolute atomic E-state index is 0.109. The molecule has 1 aliphatic heterocycles. The van der Waals surface area contributed by atoms with E-state index in [1.54, 1.807) is 30.3 Å². The quantitative estimate of drug-likeness (QED) is 0.846. The second-order valence-electron chi connectivity index (χ2n) is 4.73. The molecule has 0 saturated carbocycles. The maximum atomic E-state index is 12.0. The fraction of sp³-hybridized carbons (Fsp3) is 0.500. The lowest BCUT2D eigenvalue weighted by molar-refractivity contribution is 0.409. The Bertz CT molecular complexity index is 465. The van der Waals surface area contributed by atoms with Crippen molar-refractivity contribution in [3.8, 4) is 0 Å². The number of rotatable bonds is 4. The van der Waals surface area contributed by atoms with Crippen molar-refractivity contribution in [3.05, 3.63) is 30.3 Å². The first-order chi connectivity index (χ1) is 8.02. The number of nitrogens with one attached hydrogen (secondary N) is 2. The molecule has 0 spiro atoms. The van der Waals surface area contributed by atoms with Crippen molar-refractivity contribution < 1.29 is 8.42 Å². The van der Waals surface area contributed by atoms with Crippen LogP contribution in [0.1, 0.15) is 19.8 Å². The van der Waals surface area contributed by atoms with Crippen LogP contribution in [0.3, 0.4) is 0 Å². The van der Waals surface area contributed by atoms with Crippen LogP contribution in [0.5, 0.6) is 0 Å². The van der Waals surface area contributed by atoms with E-state index >= 15 is 0 Å². The third-order valence-corrected chi connectivity index (χ3v) is 4.58. The van der Waals surface area contributed by atoms with Crippen molar-refractivity contribution >= 4 is 10.0 Å². The Morgan fingerprint density at radius 1 is 1.35 bits per heavy atom. The van der Waals surface area contributed by atoms with Crippen LogP contribution in [-0.2, 0) is 10.0 Å². The van der Waals surface area contributed by atoms with Gasteiger partial charge in [0.05, 0.1) is 4.90 Å². The maximum absolute atomic E-state index is 12.0. The number of hydrogen-bond donors (Lipinski definition) is 2. The summed E-state index contributed by atoms with van der Waals surface area (Å²) in [5.41, 5.74) is -0.109. The Morgan fingerprint density at radius 2 is 2.06 bits per heavy atom. The summed E-state index contributed by atoms with van der Waals surface area (Å²) < 4.78 is 26.7. The van der Waals surface area contributed by atoms with E-state index in [1.165, 1.54) is 0 Å². The van der Waals surface area contributed by atoms with Gasteiger partial charge in [-0.3, -0.25) is 0 Å². The van der Waals surface area contributed by atoms with Gasteiger partial charge in [0.25, 0.3) is 0 Å². The van der Waals surface area contributed by atoms with Gasteiger partial charge in [-0.05, 0) is 38.4 Å². The van der Waals surface area contributed by atoms with E-state index in [2.05, 4.69) is 10.0 Å². The molecular formula is C12H18N2O2S. The molecule has 94 valence electrons. The van der Waals surface area contributed by atoms with Gasteiger partial charge in [-0.25, -0.2) is 13.1 Å². The molecule has 0 aliphatic carbocycles. The summed E-state index contributed by atoms with van der Waals surface area (Å²) in [7, 11) is -3.38. The molecule has 1 aromatic carbocycles. The van der Waals surface area contributed by atoms with Crippen LogP contribution in [0.4, 0.5) is 0 Å². The fourth-order valence-corrected chi connectivity index (χ4v) is 3.24. The van der Waals surface area contributed by atoms with Crippen LogP contribution in [-0.4, -0.2) is 27.0 Å². The van der Waals surface area contributed by atoms with Gasteiger partial charge in [-0.1, -0.05) is 18.2 Å². The summed E-state index contributed by atoms with van der Waals surface area (Å²) in [5.74, 6) is 0. The van der Waals surface area contributed by atoms with Gasteiger partial charge < -0.3 is 5.32 Å². The second-order valence-corrected chi connectivity index (χ2v) is 6.50. The molecule has 5 heteroatoms. The average molecular weight is 254 g/mol. The van der Waals surface area contributed by atoms with Crippen LogP contribution in [0, 0.1) is 0 Å².